The number of ether oxygens (including phenoxy) is 4. The van der Waals surface area contributed by atoms with E-state index in [9.17, 15) is 4.79 Å². The molecule has 0 unspecified atom stereocenters. The van der Waals surface area contributed by atoms with Crippen molar-refractivity contribution in [1.82, 2.24) is 0 Å². The van der Waals surface area contributed by atoms with Crippen molar-refractivity contribution < 1.29 is 23.7 Å². The molecular formula is C7H10O5. The molecule has 2 saturated heterocycles. The first-order valence-electron chi connectivity index (χ1n) is 3.81. The van der Waals surface area contributed by atoms with E-state index >= 15 is 0 Å². The second-order valence-electron chi connectivity index (χ2n) is 2.79. The number of carbonyl (C=O) groups is 1. The van der Waals surface area contributed by atoms with Crippen LogP contribution in [0.2, 0.25) is 0 Å². The molecule has 68 valence electrons. The van der Waals surface area contributed by atoms with E-state index in [0.717, 1.165) is 0 Å². The highest BCUT2D eigenvalue weighted by molar-refractivity contribution is 5.61. The Morgan fingerprint density at radius 3 is 3.08 bits per heavy atom. The molecular weight excluding hydrogens is 164 g/mol. The molecule has 0 bridgehead atoms. The lowest BCUT2D eigenvalue weighted by atomic mass is 10.2. The van der Waals surface area contributed by atoms with Gasteiger partial charge >= 0.3 is 6.16 Å². The highest BCUT2D eigenvalue weighted by Gasteiger charge is 2.42. The molecule has 0 aromatic heterocycles. The summed E-state index contributed by atoms with van der Waals surface area (Å²) in [6.07, 6.45) is -0.647. The number of hydrogen-bond donors (Lipinski definition) is 0. The maximum atomic E-state index is 10.7. The second kappa shape index (κ2) is 2.91. The van der Waals surface area contributed by atoms with Crippen molar-refractivity contribution in [3.63, 3.8) is 0 Å². The van der Waals surface area contributed by atoms with Crippen LogP contribution in [-0.2, 0) is 18.9 Å². The third kappa shape index (κ3) is 1.25. The van der Waals surface area contributed by atoms with Gasteiger partial charge in [-0.05, 0) is 0 Å². The van der Waals surface area contributed by atoms with E-state index in [2.05, 4.69) is 4.74 Å². The van der Waals surface area contributed by atoms with Gasteiger partial charge in [-0.15, -0.1) is 0 Å². The van der Waals surface area contributed by atoms with Crippen molar-refractivity contribution >= 4 is 6.16 Å². The third-order valence-corrected chi connectivity index (χ3v) is 2.04. The van der Waals surface area contributed by atoms with Crippen molar-refractivity contribution in [2.45, 2.75) is 24.9 Å². The Morgan fingerprint density at radius 2 is 2.33 bits per heavy atom. The first-order valence-corrected chi connectivity index (χ1v) is 3.81. The van der Waals surface area contributed by atoms with E-state index in [0.29, 0.717) is 6.42 Å². The number of rotatable bonds is 1. The first kappa shape index (κ1) is 7.82. The SMILES string of the molecule is CO[C@@H]1C[C@H]2OC(=O)OC[C@H]2O1. The highest BCUT2D eigenvalue weighted by atomic mass is 16.8. The van der Waals surface area contributed by atoms with Crippen molar-refractivity contribution in [2.75, 3.05) is 13.7 Å². The Hall–Kier alpha value is -0.810. The topological polar surface area (TPSA) is 54.0 Å². The van der Waals surface area contributed by atoms with Crippen LogP contribution in [0.3, 0.4) is 0 Å². The zero-order valence-electron chi connectivity index (χ0n) is 6.69. The number of methoxy groups -OCH3 is 1. The minimum atomic E-state index is -0.614. The number of hydrogen-bond acceptors (Lipinski definition) is 5. The van der Waals surface area contributed by atoms with Gasteiger partial charge < -0.3 is 18.9 Å². The van der Waals surface area contributed by atoms with Crippen LogP contribution < -0.4 is 0 Å². The molecule has 2 aliphatic heterocycles. The van der Waals surface area contributed by atoms with Crippen molar-refractivity contribution in [3.05, 3.63) is 0 Å². The van der Waals surface area contributed by atoms with Crippen LogP contribution in [0.1, 0.15) is 6.42 Å². The summed E-state index contributed by atoms with van der Waals surface area (Å²) >= 11 is 0. The number of fused-ring (bicyclic) bond motifs is 1. The summed E-state index contributed by atoms with van der Waals surface area (Å²) in [5.74, 6) is 0. The van der Waals surface area contributed by atoms with Crippen LogP contribution in [0.4, 0.5) is 4.79 Å². The molecule has 0 spiro atoms. The van der Waals surface area contributed by atoms with Crippen LogP contribution in [0, 0.1) is 0 Å². The largest absolute Gasteiger partial charge is 0.508 e. The van der Waals surface area contributed by atoms with Crippen LogP contribution in [0.5, 0.6) is 0 Å². The Morgan fingerprint density at radius 1 is 1.50 bits per heavy atom. The Balaban J connectivity index is 1.97. The molecule has 0 aliphatic carbocycles. The predicted octanol–water partition coefficient (Wildman–Crippen LogP) is 0.283. The van der Waals surface area contributed by atoms with E-state index in [-0.39, 0.29) is 25.1 Å². The normalized spacial score (nSPS) is 40.1. The molecule has 2 heterocycles. The van der Waals surface area contributed by atoms with Gasteiger partial charge in [-0.3, -0.25) is 0 Å². The fourth-order valence-electron chi connectivity index (χ4n) is 1.41. The van der Waals surface area contributed by atoms with Crippen molar-refractivity contribution in [2.24, 2.45) is 0 Å². The zero-order chi connectivity index (χ0) is 8.55. The highest BCUT2D eigenvalue weighted by Crippen LogP contribution is 2.27. The Labute approximate surface area is 69.5 Å². The molecule has 2 aliphatic rings. The molecule has 0 aromatic carbocycles. The van der Waals surface area contributed by atoms with Gasteiger partial charge in [0.15, 0.2) is 6.29 Å². The summed E-state index contributed by atoms with van der Waals surface area (Å²) in [5, 5.41) is 0. The van der Waals surface area contributed by atoms with Gasteiger partial charge in [-0.2, -0.15) is 0 Å². The molecule has 12 heavy (non-hydrogen) atoms. The monoisotopic (exact) mass is 174 g/mol. The quantitative estimate of drug-likeness (QED) is 0.534. The first-order chi connectivity index (χ1) is 5.79. The van der Waals surface area contributed by atoms with Gasteiger partial charge in [0.05, 0.1) is 0 Å². The molecule has 0 amide bonds. The van der Waals surface area contributed by atoms with Crippen LogP contribution in [-0.4, -0.2) is 38.4 Å². The fourth-order valence-corrected chi connectivity index (χ4v) is 1.41. The summed E-state index contributed by atoms with van der Waals surface area (Å²) in [4.78, 5) is 10.7. The standard InChI is InChI=1S/C7H10O5/c1-9-6-2-4-5(11-6)3-10-7(8)12-4/h4-6H,2-3H2,1H3/t4-,5-,6+/m1/s1. The summed E-state index contributed by atoms with van der Waals surface area (Å²) < 4.78 is 19.8. The molecule has 3 atom stereocenters. The molecule has 5 nitrogen and oxygen atoms in total. The van der Waals surface area contributed by atoms with Crippen LogP contribution in [0.25, 0.3) is 0 Å². The minimum Gasteiger partial charge on any atom is -0.431 e. The summed E-state index contributed by atoms with van der Waals surface area (Å²) in [7, 11) is 1.56. The molecule has 2 fully saturated rings. The van der Waals surface area contributed by atoms with Crippen LogP contribution >= 0.6 is 0 Å². The summed E-state index contributed by atoms with van der Waals surface area (Å²) in [6, 6.07) is 0. The molecule has 0 N–H and O–H groups in total. The molecule has 0 radical (unpaired) electrons. The number of cyclic esters (lactones) is 1. The molecule has 2 rings (SSSR count). The van der Waals surface area contributed by atoms with Crippen molar-refractivity contribution in [1.29, 1.82) is 0 Å². The van der Waals surface area contributed by atoms with E-state index < -0.39 is 6.16 Å². The van der Waals surface area contributed by atoms with E-state index in [1.54, 1.807) is 7.11 Å². The fraction of sp³-hybridized carbons (Fsp3) is 0.857. The summed E-state index contributed by atoms with van der Waals surface area (Å²) in [5.41, 5.74) is 0. The van der Waals surface area contributed by atoms with Gasteiger partial charge in [0, 0.05) is 13.5 Å². The third-order valence-electron chi connectivity index (χ3n) is 2.04. The van der Waals surface area contributed by atoms with Gasteiger partial charge in [0.1, 0.15) is 18.8 Å². The molecule has 0 saturated carbocycles. The number of carbonyl (C=O) groups excluding carboxylic acids is 1. The minimum absolute atomic E-state index is 0.160. The lowest BCUT2D eigenvalue weighted by Gasteiger charge is -2.22. The average molecular weight is 174 g/mol. The molecule has 5 heteroatoms. The maximum absolute atomic E-state index is 10.7. The Kier molecular flexibility index (Phi) is 1.90. The Bertz CT molecular complexity index is 192. The van der Waals surface area contributed by atoms with E-state index in [1.165, 1.54) is 0 Å². The molecule has 0 aromatic rings. The maximum Gasteiger partial charge on any atom is 0.508 e. The lowest BCUT2D eigenvalue weighted by molar-refractivity contribution is -0.142. The lowest BCUT2D eigenvalue weighted by Crippen LogP contribution is -2.37. The zero-order valence-corrected chi connectivity index (χ0v) is 6.69. The predicted molar refractivity (Wildman–Crippen MR) is 36.5 cm³/mol. The van der Waals surface area contributed by atoms with Gasteiger partial charge in [-0.1, -0.05) is 0 Å². The van der Waals surface area contributed by atoms with Crippen molar-refractivity contribution in [3.8, 4) is 0 Å². The van der Waals surface area contributed by atoms with E-state index in [4.69, 9.17) is 14.2 Å². The van der Waals surface area contributed by atoms with Gasteiger partial charge in [0.25, 0.3) is 0 Å². The van der Waals surface area contributed by atoms with Crippen LogP contribution in [0.15, 0.2) is 0 Å². The summed E-state index contributed by atoms with van der Waals surface area (Å²) in [6.45, 7) is 0.267. The average Bonchev–Trinajstić information content (AvgIpc) is 2.46. The smallest absolute Gasteiger partial charge is 0.431 e. The van der Waals surface area contributed by atoms with Gasteiger partial charge in [-0.25, -0.2) is 4.79 Å². The van der Waals surface area contributed by atoms with E-state index in [1.807, 2.05) is 0 Å². The van der Waals surface area contributed by atoms with Gasteiger partial charge in [0.2, 0.25) is 0 Å². The second-order valence-corrected chi connectivity index (χ2v) is 2.79.